The predicted molar refractivity (Wildman–Crippen MR) is 115 cm³/mol. The number of amides is 2. The lowest BCUT2D eigenvalue weighted by molar-refractivity contribution is 0.103. The number of pyridine rings is 1. The van der Waals surface area contributed by atoms with Gasteiger partial charge in [0, 0.05) is 28.9 Å². The molecule has 0 unspecified atom stereocenters. The number of ketones is 1. The van der Waals surface area contributed by atoms with E-state index in [9.17, 15) is 22.8 Å². The van der Waals surface area contributed by atoms with E-state index in [0.29, 0.717) is 17.0 Å². The van der Waals surface area contributed by atoms with Gasteiger partial charge in [-0.3, -0.25) is 9.78 Å². The average Bonchev–Trinajstić information content (AvgIpc) is 2.77. The molecule has 2 amide bonds. The summed E-state index contributed by atoms with van der Waals surface area (Å²) in [5, 5.41) is 4.81. The van der Waals surface area contributed by atoms with E-state index < -0.39 is 46.3 Å². The van der Waals surface area contributed by atoms with Crippen molar-refractivity contribution >= 4 is 34.1 Å². The van der Waals surface area contributed by atoms with E-state index in [-0.39, 0.29) is 11.3 Å². The Hall–Kier alpha value is -4.27. The quantitative estimate of drug-likeness (QED) is 0.227. The van der Waals surface area contributed by atoms with Crippen LogP contribution in [0.3, 0.4) is 0 Å². The van der Waals surface area contributed by atoms with E-state index in [1.54, 1.807) is 19.2 Å². The van der Waals surface area contributed by atoms with Crippen LogP contribution in [0.1, 0.15) is 21.5 Å². The molecule has 166 valence electrons. The molecular formula is C24H15F4N3O2. The molecule has 0 saturated carbocycles. The van der Waals surface area contributed by atoms with Crippen LogP contribution in [0, 0.1) is 30.2 Å². The molecule has 0 saturated heterocycles. The van der Waals surface area contributed by atoms with Gasteiger partial charge in [0.15, 0.2) is 23.2 Å². The third kappa shape index (κ3) is 4.52. The molecule has 4 aromatic rings. The van der Waals surface area contributed by atoms with Crippen molar-refractivity contribution in [3.05, 3.63) is 101 Å². The van der Waals surface area contributed by atoms with Gasteiger partial charge < -0.3 is 10.6 Å². The normalized spacial score (nSPS) is 10.8. The molecule has 9 heteroatoms. The first kappa shape index (κ1) is 21.9. The molecular weight excluding hydrogens is 438 g/mol. The van der Waals surface area contributed by atoms with Crippen molar-refractivity contribution in [3.63, 3.8) is 0 Å². The van der Waals surface area contributed by atoms with Crippen LogP contribution in [0.15, 0.2) is 60.8 Å². The van der Waals surface area contributed by atoms with E-state index in [4.69, 9.17) is 0 Å². The first-order chi connectivity index (χ1) is 15.7. The molecule has 0 aliphatic heterocycles. The minimum atomic E-state index is -1.68. The van der Waals surface area contributed by atoms with Gasteiger partial charge in [0.05, 0.1) is 16.8 Å². The lowest BCUT2D eigenvalue weighted by Crippen LogP contribution is -2.22. The Morgan fingerprint density at radius 2 is 1.67 bits per heavy atom. The van der Waals surface area contributed by atoms with Crippen molar-refractivity contribution in [3.8, 4) is 0 Å². The number of nitrogens with zero attached hydrogens (tertiary/aromatic N) is 1. The minimum absolute atomic E-state index is 0.0480. The number of carbonyl (C=O) groups is 2. The number of hydrogen-bond donors (Lipinski definition) is 2. The Morgan fingerprint density at radius 1 is 0.879 bits per heavy atom. The summed E-state index contributed by atoms with van der Waals surface area (Å²) in [5.74, 6) is -6.40. The molecule has 0 bridgehead atoms. The van der Waals surface area contributed by atoms with E-state index >= 15 is 4.39 Å². The van der Waals surface area contributed by atoms with Gasteiger partial charge in [0.2, 0.25) is 0 Å². The van der Waals surface area contributed by atoms with Crippen LogP contribution in [0.2, 0.25) is 0 Å². The first-order valence-electron chi connectivity index (χ1n) is 9.65. The molecule has 0 spiro atoms. The van der Waals surface area contributed by atoms with Crippen molar-refractivity contribution < 1.29 is 27.2 Å². The number of anilines is 2. The van der Waals surface area contributed by atoms with Gasteiger partial charge >= 0.3 is 6.03 Å². The number of aromatic nitrogens is 1. The molecule has 2 N–H and O–H groups in total. The summed E-state index contributed by atoms with van der Waals surface area (Å²) < 4.78 is 57.0. The SMILES string of the molecule is Cc1cnc2ccc(C(=O)c3c(F)c(F)cc(NC(=O)Nc4cccc(F)c4)c3F)cc2c1. The summed E-state index contributed by atoms with van der Waals surface area (Å²) in [6.45, 7) is 1.79. The number of urea groups is 1. The van der Waals surface area contributed by atoms with Gasteiger partial charge in [0.25, 0.3) is 0 Å². The highest BCUT2D eigenvalue weighted by molar-refractivity contribution is 6.12. The van der Waals surface area contributed by atoms with E-state index in [2.05, 4.69) is 10.3 Å². The summed E-state index contributed by atoms with van der Waals surface area (Å²) in [5.41, 5.74) is -0.583. The molecule has 4 rings (SSSR count). The number of halogens is 4. The number of hydrogen-bond acceptors (Lipinski definition) is 3. The van der Waals surface area contributed by atoms with Crippen LogP contribution in [0.5, 0.6) is 0 Å². The van der Waals surface area contributed by atoms with Crippen LogP contribution in [0.4, 0.5) is 33.7 Å². The lowest BCUT2D eigenvalue weighted by Gasteiger charge is -2.12. The summed E-state index contributed by atoms with van der Waals surface area (Å²) in [4.78, 5) is 29.2. The number of aryl methyl sites for hydroxylation is 1. The number of nitrogens with one attached hydrogen (secondary N) is 2. The maximum atomic E-state index is 15.0. The third-order valence-corrected chi connectivity index (χ3v) is 4.79. The zero-order valence-electron chi connectivity index (χ0n) is 17.0. The second-order valence-corrected chi connectivity index (χ2v) is 7.25. The van der Waals surface area contributed by atoms with Gasteiger partial charge in [-0.15, -0.1) is 0 Å². The zero-order valence-corrected chi connectivity index (χ0v) is 17.0. The summed E-state index contributed by atoms with van der Waals surface area (Å²) >= 11 is 0. The summed E-state index contributed by atoms with van der Waals surface area (Å²) in [6, 6.07) is 10.2. The van der Waals surface area contributed by atoms with Crippen LogP contribution < -0.4 is 10.6 Å². The highest BCUT2D eigenvalue weighted by atomic mass is 19.2. The molecule has 0 aliphatic rings. The highest BCUT2D eigenvalue weighted by Gasteiger charge is 2.26. The van der Waals surface area contributed by atoms with E-state index in [1.807, 2.05) is 5.32 Å². The van der Waals surface area contributed by atoms with Gasteiger partial charge in [0.1, 0.15) is 5.82 Å². The number of fused-ring (bicyclic) bond motifs is 1. The van der Waals surface area contributed by atoms with Crippen molar-refractivity contribution in [1.82, 2.24) is 4.98 Å². The monoisotopic (exact) mass is 453 g/mol. The Labute approximate surface area is 185 Å². The maximum absolute atomic E-state index is 15.0. The fraction of sp³-hybridized carbons (Fsp3) is 0.0417. The van der Waals surface area contributed by atoms with Crippen molar-refractivity contribution in [2.75, 3.05) is 10.6 Å². The van der Waals surface area contributed by atoms with E-state index in [0.717, 1.165) is 17.7 Å². The summed E-state index contributed by atoms with van der Waals surface area (Å²) in [6.07, 6.45) is 1.63. The number of carbonyl (C=O) groups excluding carboxylic acids is 2. The molecule has 1 heterocycles. The molecule has 5 nitrogen and oxygen atoms in total. The van der Waals surface area contributed by atoms with Gasteiger partial charge in [-0.25, -0.2) is 22.4 Å². The first-order valence-corrected chi connectivity index (χ1v) is 9.65. The van der Waals surface area contributed by atoms with E-state index in [1.165, 1.54) is 30.3 Å². The van der Waals surface area contributed by atoms with Crippen molar-refractivity contribution in [2.24, 2.45) is 0 Å². The van der Waals surface area contributed by atoms with Gasteiger partial charge in [-0.1, -0.05) is 6.07 Å². The van der Waals surface area contributed by atoms with Crippen molar-refractivity contribution in [2.45, 2.75) is 6.92 Å². The topological polar surface area (TPSA) is 71.1 Å². The zero-order chi connectivity index (χ0) is 23.7. The average molecular weight is 453 g/mol. The third-order valence-electron chi connectivity index (χ3n) is 4.79. The largest absolute Gasteiger partial charge is 0.323 e. The highest BCUT2D eigenvalue weighted by Crippen LogP contribution is 2.28. The molecule has 3 aromatic carbocycles. The van der Waals surface area contributed by atoms with Gasteiger partial charge in [-0.05, 0) is 55.0 Å². The van der Waals surface area contributed by atoms with Gasteiger partial charge in [-0.2, -0.15) is 0 Å². The van der Waals surface area contributed by atoms with Crippen LogP contribution >= 0.6 is 0 Å². The maximum Gasteiger partial charge on any atom is 0.323 e. The molecule has 1 aromatic heterocycles. The standard InChI is InChI=1S/C24H15F4N3O2/c1-12-7-14-8-13(5-6-18(14)29-11-12)23(32)20-21(27)17(26)10-19(22(20)28)31-24(33)30-16-4-2-3-15(25)9-16/h2-11H,1H3,(H2,30,31,33). The number of rotatable bonds is 4. The Kier molecular flexibility index (Phi) is 5.78. The predicted octanol–water partition coefficient (Wildman–Crippen LogP) is 5.97. The minimum Gasteiger partial charge on any atom is -0.308 e. The van der Waals surface area contributed by atoms with Crippen molar-refractivity contribution in [1.29, 1.82) is 0 Å². The fourth-order valence-electron chi connectivity index (χ4n) is 3.27. The van der Waals surface area contributed by atoms with Crippen LogP contribution in [0.25, 0.3) is 10.9 Å². The fourth-order valence-corrected chi connectivity index (χ4v) is 3.27. The molecule has 33 heavy (non-hydrogen) atoms. The second kappa shape index (κ2) is 8.70. The lowest BCUT2D eigenvalue weighted by atomic mass is 9.99. The Balaban J connectivity index is 1.67. The smallest absolute Gasteiger partial charge is 0.308 e. The Bertz CT molecular complexity index is 1420. The molecule has 0 fully saturated rings. The number of benzene rings is 3. The molecule has 0 radical (unpaired) electrons. The second-order valence-electron chi connectivity index (χ2n) is 7.25. The summed E-state index contributed by atoms with van der Waals surface area (Å²) in [7, 11) is 0. The molecule has 0 aliphatic carbocycles. The Morgan fingerprint density at radius 3 is 2.42 bits per heavy atom. The van der Waals surface area contributed by atoms with Crippen LogP contribution in [-0.2, 0) is 0 Å². The van der Waals surface area contributed by atoms with Crippen LogP contribution in [-0.4, -0.2) is 16.8 Å². The molecule has 0 atom stereocenters.